The molecule has 4 N–H and O–H groups in total. The van der Waals surface area contributed by atoms with E-state index in [1.165, 1.54) is 0 Å². The number of likely N-dealkylation sites (tertiary alicyclic amines) is 1. The highest BCUT2D eigenvalue weighted by atomic mass is 32.1. The Morgan fingerprint density at radius 2 is 1.47 bits per heavy atom. The van der Waals surface area contributed by atoms with Crippen molar-refractivity contribution < 1.29 is 42.9 Å². The van der Waals surface area contributed by atoms with Gasteiger partial charge in [-0.05, 0) is 42.7 Å². The molecule has 0 radical (unpaired) electrons. The molecule has 1 aliphatic rings. The van der Waals surface area contributed by atoms with E-state index >= 15 is 0 Å². The van der Waals surface area contributed by atoms with E-state index in [9.17, 15) is 24.0 Å². The zero-order valence-corrected chi connectivity index (χ0v) is 35.8. The number of aryl methyl sites for hydroxylation is 1. The Hall–Kier alpha value is -3.96. The minimum Gasteiger partial charge on any atom is -0.379 e. The molecule has 0 saturated carbocycles. The molecule has 5 amide bonds. The van der Waals surface area contributed by atoms with Gasteiger partial charge in [-0.1, -0.05) is 64.3 Å². The third-order valence-corrected chi connectivity index (χ3v) is 10.7. The van der Waals surface area contributed by atoms with Gasteiger partial charge in [0, 0.05) is 45.6 Å². The summed E-state index contributed by atoms with van der Waals surface area (Å²) in [5.41, 5.74) is 4.40. The molecule has 0 bridgehead atoms. The smallest absolute Gasteiger partial charge is 0.245 e. The normalized spacial score (nSPS) is 14.6. The van der Waals surface area contributed by atoms with E-state index in [0.29, 0.717) is 98.2 Å². The molecular weight excluding hydrogens is 765 g/mol. The molecule has 1 aromatic carbocycles. The summed E-state index contributed by atoms with van der Waals surface area (Å²) in [6, 6.07) is 7.35. The lowest BCUT2D eigenvalue weighted by Gasteiger charge is -2.33. The fourth-order valence-corrected chi connectivity index (χ4v) is 7.12. The van der Waals surface area contributed by atoms with Crippen molar-refractivity contribution in [2.24, 2.45) is 11.3 Å². The first-order chi connectivity index (χ1) is 28.0. The average Bonchev–Trinajstić information content (AvgIpc) is 3.88. The molecule has 0 aliphatic carbocycles. The summed E-state index contributed by atoms with van der Waals surface area (Å²) >= 11 is 1.60. The van der Waals surface area contributed by atoms with Crippen molar-refractivity contribution in [1.29, 1.82) is 0 Å². The van der Waals surface area contributed by atoms with E-state index in [1.54, 1.807) is 16.2 Å². The molecule has 0 spiro atoms. The first kappa shape index (κ1) is 48.4. The van der Waals surface area contributed by atoms with Gasteiger partial charge in [0.1, 0.15) is 6.04 Å². The zero-order valence-electron chi connectivity index (χ0n) is 34.9. The van der Waals surface area contributed by atoms with E-state index < -0.39 is 11.5 Å². The quantitative estimate of drug-likeness (QED) is 0.0668. The Balaban J connectivity index is 1.17. The number of thiazole rings is 1. The van der Waals surface area contributed by atoms with Gasteiger partial charge in [-0.2, -0.15) is 0 Å². The van der Waals surface area contributed by atoms with Crippen LogP contribution in [0.3, 0.4) is 0 Å². The second-order valence-electron chi connectivity index (χ2n) is 15.5. The molecule has 324 valence electrons. The molecule has 1 saturated heterocycles. The van der Waals surface area contributed by atoms with Crippen LogP contribution in [0.15, 0.2) is 29.8 Å². The van der Waals surface area contributed by atoms with Crippen LogP contribution < -0.4 is 21.3 Å². The fourth-order valence-electron chi connectivity index (χ4n) is 6.30. The number of rotatable bonds is 30. The van der Waals surface area contributed by atoms with Gasteiger partial charge in [0.15, 0.2) is 0 Å². The highest BCUT2D eigenvalue weighted by Gasteiger charge is 2.39. The van der Waals surface area contributed by atoms with Crippen LogP contribution >= 0.6 is 11.3 Å². The van der Waals surface area contributed by atoms with Gasteiger partial charge in [0.25, 0.3) is 0 Å². The van der Waals surface area contributed by atoms with E-state index in [4.69, 9.17) is 18.9 Å². The first-order valence-electron chi connectivity index (χ1n) is 20.6. The van der Waals surface area contributed by atoms with Crippen LogP contribution in [0.4, 0.5) is 0 Å². The van der Waals surface area contributed by atoms with E-state index in [2.05, 4.69) is 26.3 Å². The predicted octanol–water partition coefficient (Wildman–Crippen LogP) is 3.77. The number of benzene rings is 1. The standard InChI is InChI=1S/C42H66N6O9S/c1-32-38(58-31-46-32)34-13-11-33(12-14-34)28-45-40(52)35-15-19-48(29-35)41(53)39(42(2,3)4)47-37(51)16-20-54-22-24-56-26-27-57-25-23-55-21-18-44-36(50)10-8-6-5-7-9-17-43-30-49/h11-14,30-31,35,39H,5-10,15-29H2,1-4H3,(H,43,49)(H,44,50)(H,45,52)(H,47,51)/t35-,39-/m0/s1. The monoisotopic (exact) mass is 830 g/mol. The van der Waals surface area contributed by atoms with Crippen molar-refractivity contribution in [3.63, 3.8) is 0 Å². The Morgan fingerprint density at radius 1 is 0.828 bits per heavy atom. The van der Waals surface area contributed by atoms with Crippen LogP contribution in [-0.2, 0) is 49.5 Å². The highest BCUT2D eigenvalue weighted by molar-refractivity contribution is 7.13. The Labute approximate surface area is 348 Å². The molecule has 2 heterocycles. The lowest BCUT2D eigenvalue weighted by Crippen LogP contribution is -2.54. The summed E-state index contributed by atoms with van der Waals surface area (Å²) in [5, 5.41) is 11.4. The van der Waals surface area contributed by atoms with E-state index in [0.717, 1.165) is 53.8 Å². The number of carbonyl (C=O) groups excluding carboxylic acids is 5. The maximum absolute atomic E-state index is 13.6. The molecule has 16 heteroatoms. The van der Waals surface area contributed by atoms with Crippen molar-refractivity contribution in [1.82, 2.24) is 31.2 Å². The molecule has 1 aromatic heterocycles. The molecule has 2 atom stereocenters. The number of ether oxygens (including phenoxy) is 4. The number of nitrogens with zero attached hydrogens (tertiary/aromatic N) is 2. The lowest BCUT2D eigenvalue weighted by molar-refractivity contribution is -0.139. The third kappa shape index (κ3) is 19.2. The van der Waals surface area contributed by atoms with Crippen LogP contribution in [0.25, 0.3) is 10.4 Å². The molecule has 1 aliphatic heterocycles. The van der Waals surface area contributed by atoms with Crippen LogP contribution in [0.2, 0.25) is 0 Å². The van der Waals surface area contributed by atoms with Crippen LogP contribution in [0.5, 0.6) is 0 Å². The molecule has 58 heavy (non-hydrogen) atoms. The number of hydrogen-bond acceptors (Lipinski definition) is 11. The minimum absolute atomic E-state index is 0.0291. The second-order valence-corrected chi connectivity index (χ2v) is 16.3. The summed E-state index contributed by atoms with van der Waals surface area (Å²) in [4.78, 5) is 68.7. The fraction of sp³-hybridized carbons (Fsp3) is 0.667. The molecule has 2 aromatic rings. The predicted molar refractivity (Wildman–Crippen MR) is 223 cm³/mol. The number of carbonyl (C=O) groups is 5. The topological polar surface area (TPSA) is 187 Å². The van der Waals surface area contributed by atoms with Crippen molar-refractivity contribution in [2.45, 2.75) is 91.6 Å². The van der Waals surface area contributed by atoms with E-state index in [1.807, 2.05) is 57.5 Å². The molecule has 0 unspecified atom stereocenters. The van der Waals surface area contributed by atoms with Crippen molar-refractivity contribution in [2.75, 3.05) is 79.0 Å². The van der Waals surface area contributed by atoms with Gasteiger partial charge in [0.05, 0.1) is 74.9 Å². The van der Waals surface area contributed by atoms with Gasteiger partial charge in [-0.15, -0.1) is 11.3 Å². The summed E-state index contributed by atoms with van der Waals surface area (Å²) in [5.74, 6) is -0.828. The summed E-state index contributed by atoms with van der Waals surface area (Å²) in [6.45, 7) is 13.0. The number of nitrogens with one attached hydrogen (secondary N) is 4. The molecule has 1 fully saturated rings. The maximum atomic E-state index is 13.6. The highest BCUT2D eigenvalue weighted by Crippen LogP contribution is 2.28. The molecule has 3 rings (SSSR count). The Kier molecular flexibility index (Phi) is 23.1. The number of hydrogen-bond donors (Lipinski definition) is 4. The largest absolute Gasteiger partial charge is 0.379 e. The summed E-state index contributed by atoms with van der Waals surface area (Å²) < 4.78 is 22.1. The number of amides is 5. The Morgan fingerprint density at radius 3 is 2.10 bits per heavy atom. The minimum atomic E-state index is -0.738. The zero-order chi connectivity index (χ0) is 42.0. The summed E-state index contributed by atoms with van der Waals surface area (Å²) in [7, 11) is 0. The van der Waals surface area contributed by atoms with Crippen molar-refractivity contribution in [3.8, 4) is 10.4 Å². The van der Waals surface area contributed by atoms with Gasteiger partial charge in [0.2, 0.25) is 30.0 Å². The number of unbranched alkanes of at least 4 members (excludes halogenated alkanes) is 4. The van der Waals surface area contributed by atoms with Crippen molar-refractivity contribution in [3.05, 3.63) is 41.0 Å². The van der Waals surface area contributed by atoms with Crippen molar-refractivity contribution >= 4 is 41.4 Å². The van der Waals surface area contributed by atoms with Gasteiger partial charge in [-0.3, -0.25) is 24.0 Å². The van der Waals surface area contributed by atoms with Gasteiger partial charge >= 0.3 is 0 Å². The SMILES string of the molecule is Cc1ncsc1-c1ccc(CNC(=O)[C@H]2CCN(C(=O)[C@H](NC(=O)CCOCCOCCOCCOCCNC(=O)CCCCCCCNC=O)C(C)(C)C)C2)cc1. The van der Waals surface area contributed by atoms with E-state index in [-0.39, 0.29) is 42.6 Å². The van der Waals surface area contributed by atoms with Crippen LogP contribution in [0, 0.1) is 18.3 Å². The Bertz CT molecular complexity index is 1520. The maximum Gasteiger partial charge on any atom is 0.245 e. The first-order valence-corrected chi connectivity index (χ1v) is 21.5. The summed E-state index contributed by atoms with van der Waals surface area (Å²) in [6.07, 6.45) is 6.81. The third-order valence-electron chi connectivity index (χ3n) is 9.68. The molecule has 15 nitrogen and oxygen atoms in total. The van der Waals surface area contributed by atoms with Gasteiger partial charge < -0.3 is 45.1 Å². The van der Waals surface area contributed by atoms with Crippen LogP contribution in [-0.4, -0.2) is 125 Å². The second kappa shape index (κ2) is 27.7. The lowest BCUT2D eigenvalue weighted by atomic mass is 9.85. The molecular formula is C42H66N6O9S. The van der Waals surface area contributed by atoms with Crippen LogP contribution in [0.1, 0.15) is 83.4 Å². The number of aromatic nitrogens is 1. The average molecular weight is 831 g/mol. The van der Waals surface area contributed by atoms with Gasteiger partial charge in [-0.25, -0.2) is 4.98 Å².